The maximum Gasteiger partial charge on any atom is 0.230 e. The van der Waals surface area contributed by atoms with Crippen molar-refractivity contribution < 1.29 is 14.6 Å². The summed E-state index contributed by atoms with van der Waals surface area (Å²) < 4.78 is 5.10. The molecule has 0 spiro atoms. The molecule has 1 aromatic carbocycles. The van der Waals surface area contributed by atoms with Gasteiger partial charge >= 0.3 is 0 Å². The van der Waals surface area contributed by atoms with E-state index in [9.17, 15) is 9.90 Å². The average Bonchev–Trinajstić information content (AvgIpc) is 2.78. The maximum absolute atomic E-state index is 12.1. The van der Waals surface area contributed by atoms with Crippen molar-refractivity contribution in [1.29, 1.82) is 0 Å². The summed E-state index contributed by atoms with van der Waals surface area (Å²) in [4.78, 5) is 12.1. The van der Waals surface area contributed by atoms with Gasteiger partial charge in [0.2, 0.25) is 5.91 Å². The highest BCUT2D eigenvalue weighted by Crippen LogP contribution is 2.27. The SMILES string of the molecule is COCc1ccccc1NC(=O)C1CCCC1O. The van der Waals surface area contributed by atoms with Gasteiger partial charge in [-0.25, -0.2) is 0 Å². The van der Waals surface area contributed by atoms with E-state index < -0.39 is 6.10 Å². The van der Waals surface area contributed by atoms with Crippen LogP contribution < -0.4 is 5.32 Å². The van der Waals surface area contributed by atoms with Crippen LogP contribution >= 0.6 is 0 Å². The molecule has 0 aliphatic heterocycles. The van der Waals surface area contributed by atoms with Gasteiger partial charge in [-0.3, -0.25) is 4.79 Å². The predicted molar refractivity (Wildman–Crippen MR) is 69.1 cm³/mol. The van der Waals surface area contributed by atoms with Gasteiger partial charge in [-0.15, -0.1) is 0 Å². The molecule has 98 valence electrons. The summed E-state index contributed by atoms with van der Waals surface area (Å²) in [5, 5.41) is 12.6. The fraction of sp³-hybridized carbons (Fsp3) is 0.500. The molecule has 0 aromatic heterocycles. The number of benzene rings is 1. The van der Waals surface area contributed by atoms with Crippen molar-refractivity contribution in [1.82, 2.24) is 0 Å². The average molecular weight is 249 g/mol. The highest BCUT2D eigenvalue weighted by molar-refractivity contribution is 5.93. The number of aliphatic hydroxyl groups excluding tert-OH is 1. The molecule has 4 nitrogen and oxygen atoms in total. The van der Waals surface area contributed by atoms with Crippen LogP contribution in [0.1, 0.15) is 24.8 Å². The topological polar surface area (TPSA) is 58.6 Å². The van der Waals surface area contributed by atoms with Crippen molar-refractivity contribution in [2.45, 2.75) is 32.0 Å². The Hall–Kier alpha value is -1.39. The lowest BCUT2D eigenvalue weighted by Crippen LogP contribution is -2.29. The Kier molecular flexibility index (Phi) is 4.33. The normalized spacial score (nSPS) is 23.0. The first-order valence-electron chi connectivity index (χ1n) is 6.28. The molecule has 1 amide bonds. The standard InChI is InChI=1S/C14H19NO3/c1-18-9-10-5-2-3-7-12(10)15-14(17)11-6-4-8-13(11)16/h2-3,5,7,11,13,16H,4,6,8-9H2,1H3,(H,15,17). The number of amides is 1. The van der Waals surface area contributed by atoms with E-state index in [1.165, 1.54) is 0 Å². The summed E-state index contributed by atoms with van der Waals surface area (Å²) in [6.45, 7) is 0.462. The third kappa shape index (κ3) is 2.89. The van der Waals surface area contributed by atoms with Gasteiger partial charge in [0, 0.05) is 18.4 Å². The minimum atomic E-state index is -0.500. The third-order valence-corrected chi connectivity index (χ3v) is 3.39. The van der Waals surface area contributed by atoms with Crippen molar-refractivity contribution in [3.63, 3.8) is 0 Å². The summed E-state index contributed by atoms with van der Waals surface area (Å²) in [6.07, 6.45) is 1.90. The minimum Gasteiger partial charge on any atom is -0.392 e. The zero-order valence-electron chi connectivity index (χ0n) is 10.6. The van der Waals surface area contributed by atoms with E-state index in [1.54, 1.807) is 7.11 Å². The molecule has 0 saturated heterocycles. The molecular formula is C14H19NO3. The van der Waals surface area contributed by atoms with Crippen molar-refractivity contribution in [3.8, 4) is 0 Å². The number of rotatable bonds is 4. The number of carbonyl (C=O) groups excluding carboxylic acids is 1. The van der Waals surface area contributed by atoms with Crippen LogP contribution in [-0.4, -0.2) is 24.2 Å². The molecule has 0 heterocycles. The highest BCUT2D eigenvalue weighted by atomic mass is 16.5. The molecule has 2 unspecified atom stereocenters. The Morgan fingerprint density at radius 3 is 2.89 bits per heavy atom. The second kappa shape index (κ2) is 5.98. The molecule has 1 aromatic rings. The summed E-state index contributed by atoms with van der Waals surface area (Å²) in [7, 11) is 1.62. The summed E-state index contributed by atoms with van der Waals surface area (Å²) in [5.41, 5.74) is 1.71. The largest absolute Gasteiger partial charge is 0.392 e. The second-order valence-corrected chi connectivity index (χ2v) is 4.68. The van der Waals surface area contributed by atoms with E-state index in [0.29, 0.717) is 6.61 Å². The van der Waals surface area contributed by atoms with E-state index in [-0.39, 0.29) is 11.8 Å². The van der Waals surface area contributed by atoms with Gasteiger partial charge in [0.15, 0.2) is 0 Å². The van der Waals surface area contributed by atoms with Crippen LogP contribution in [-0.2, 0) is 16.1 Å². The zero-order chi connectivity index (χ0) is 13.0. The van der Waals surface area contributed by atoms with E-state index in [1.807, 2.05) is 24.3 Å². The summed E-state index contributed by atoms with van der Waals surface area (Å²) in [6, 6.07) is 7.56. The summed E-state index contributed by atoms with van der Waals surface area (Å²) >= 11 is 0. The lowest BCUT2D eigenvalue weighted by Gasteiger charge is -2.16. The number of hydrogen-bond acceptors (Lipinski definition) is 3. The van der Waals surface area contributed by atoms with Crippen LogP contribution in [0.5, 0.6) is 0 Å². The van der Waals surface area contributed by atoms with Gasteiger partial charge in [0.05, 0.1) is 18.6 Å². The number of methoxy groups -OCH3 is 1. The Labute approximate surface area is 107 Å². The van der Waals surface area contributed by atoms with Crippen molar-refractivity contribution >= 4 is 11.6 Å². The van der Waals surface area contributed by atoms with Crippen LogP contribution in [0.4, 0.5) is 5.69 Å². The van der Waals surface area contributed by atoms with Gasteiger partial charge in [0.1, 0.15) is 0 Å². The Morgan fingerprint density at radius 1 is 1.44 bits per heavy atom. The molecule has 1 fully saturated rings. The quantitative estimate of drug-likeness (QED) is 0.857. The zero-order valence-corrected chi connectivity index (χ0v) is 10.6. The molecule has 4 heteroatoms. The third-order valence-electron chi connectivity index (χ3n) is 3.39. The molecule has 2 atom stereocenters. The number of para-hydroxylation sites is 1. The highest BCUT2D eigenvalue weighted by Gasteiger charge is 2.31. The van der Waals surface area contributed by atoms with Crippen molar-refractivity contribution in [3.05, 3.63) is 29.8 Å². The van der Waals surface area contributed by atoms with E-state index >= 15 is 0 Å². The Balaban J connectivity index is 2.06. The van der Waals surface area contributed by atoms with E-state index in [2.05, 4.69) is 5.32 Å². The molecule has 1 aliphatic carbocycles. The van der Waals surface area contributed by atoms with Crippen LogP contribution in [0.15, 0.2) is 24.3 Å². The summed E-state index contributed by atoms with van der Waals surface area (Å²) in [5.74, 6) is -0.371. The van der Waals surface area contributed by atoms with Gasteiger partial charge in [0.25, 0.3) is 0 Å². The maximum atomic E-state index is 12.1. The lowest BCUT2D eigenvalue weighted by atomic mass is 10.0. The van der Waals surface area contributed by atoms with E-state index in [0.717, 1.165) is 30.5 Å². The molecule has 0 radical (unpaired) electrons. The Bertz CT molecular complexity index is 419. The van der Waals surface area contributed by atoms with Crippen LogP contribution in [0, 0.1) is 5.92 Å². The van der Waals surface area contributed by atoms with Gasteiger partial charge in [-0.05, 0) is 25.3 Å². The smallest absolute Gasteiger partial charge is 0.230 e. The fourth-order valence-electron chi connectivity index (χ4n) is 2.40. The van der Waals surface area contributed by atoms with Gasteiger partial charge in [-0.1, -0.05) is 18.2 Å². The molecule has 1 aliphatic rings. The molecular weight excluding hydrogens is 230 g/mol. The first-order valence-corrected chi connectivity index (χ1v) is 6.28. The molecule has 2 N–H and O–H groups in total. The second-order valence-electron chi connectivity index (χ2n) is 4.68. The van der Waals surface area contributed by atoms with Gasteiger partial charge < -0.3 is 15.2 Å². The molecule has 0 bridgehead atoms. The van der Waals surface area contributed by atoms with Crippen LogP contribution in [0.3, 0.4) is 0 Å². The number of anilines is 1. The molecule has 1 saturated carbocycles. The molecule has 2 rings (SSSR count). The van der Waals surface area contributed by atoms with E-state index in [4.69, 9.17) is 4.74 Å². The number of nitrogens with one attached hydrogen (secondary N) is 1. The first kappa shape index (κ1) is 13.1. The number of carbonyl (C=O) groups is 1. The van der Waals surface area contributed by atoms with Crippen molar-refractivity contribution in [2.24, 2.45) is 5.92 Å². The first-order chi connectivity index (χ1) is 8.72. The molecule has 18 heavy (non-hydrogen) atoms. The fourth-order valence-corrected chi connectivity index (χ4v) is 2.40. The minimum absolute atomic E-state index is 0.0939. The van der Waals surface area contributed by atoms with Crippen molar-refractivity contribution in [2.75, 3.05) is 12.4 Å². The predicted octanol–water partition coefficient (Wildman–Crippen LogP) is 1.93. The number of aliphatic hydroxyl groups is 1. The Morgan fingerprint density at radius 2 is 2.22 bits per heavy atom. The van der Waals surface area contributed by atoms with Crippen LogP contribution in [0.2, 0.25) is 0 Å². The number of ether oxygens (including phenoxy) is 1. The lowest BCUT2D eigenvalue weighted by molar-refractivity contribution is -0.122. The van der Waals surface area contributed by atoms with Crippen LogP contribution in [0.25, 0.3) is 0 Å². The van der Waals surface area contributed by atoms with Gasteiger partial charge in [-0.2, -0.15) is 0 Å². The monoisotopic (exact) mass is 249 g/mol. The number of hydrogen-bond donors (Lipinski definition) is 2.